The van der Waals surface area contributed by atoms with Crippen molar-refractivity contribution in [2.24, 2.45) is 40.4 Å². The molecule has 1 amide bonds. The van der Waals surface area contributed by atoms with E-state index in [1.54, 1.807) is 11.8 Å². The zero-order valence-corrected chi connectivity index (χ0v) is 18.1. The fraction of sp³-hybridized carbons (Fsp3) is 0.826. The summed E-state index contributed by atoms with van der Waals surface area (Å²) in [5.41, 5.74) is 0.479. The van der Waals surface area contributed by atoms with Crippen LogP contribution in [0.1, 0.15) is 66.2 Å². The second kappa shape index (κ2) is 6.93. The van der Waals surface area contributed by atoms with Gasteiger partial charge in [-0.15, -0.1) is 0 Å². The lowest BCUT2D eigenvalue weighted by Crippen LogP contribution is -2.52. The van der Waals surface area contributed by atoms with Gasteiger partial charge in [0.2, 0.25) is 11.0 Å². The lowest BCUT2D eigenvalue weighted by molar-refractivity contribution is -0.125. The normalized spacial score (nSPS) is 46.0. The Hall–Kier alpha value is -0.770. The smallest absolute Gasteiger partial charge is 0.223 e. The van der Waals surface area contributed by atoms with Gasteiger partial charge in [-0.25, -0.2) is 0 Å². The third kappa shape index (κ3) is 3.30. The summed E-state index contributed by atoms with van der Waals surface area (Å²) in [5.74, 6) is 3.04. The second-order valence-corrected chi connectivity index (χ2v) is 11.8. The van der Waals surface area contributed by atoms with Crippen molar-refractivity contribution in [1.82, 2.24) is 5.32 Å². The molecule has 0 radical (unpaired) electrons. The van der Waals surface area contributed by atoms with E-state index in [0.29, 0.717) is 34.3 Å². The zero-order valence-electron chi connectivity index (χ0n) is 17.3. The van der Waals surface area contributed by atoms with Gasteiger partial charge >= 0.3 is 0 Å². The molecule has 1 aliphatic heterocycles. The summed E-state index contributed by atoms with van der Waals surface area (Å²) < 4.78 is 0. The van der Waals surface area contributed by atoms with Crippen LogP contribution >= 0.6 is 11.8 Å². The summed E-state index contributed by atoms with van der Waals surface area (Å²) in [6.45, 7) is 9.95. The van der Waals surface area contributed by atoms with Crippen LogP contribution in [0.15, 0.2) is 12.2 Å². The summed E-state index contributed by atoms with van der Waals surface area (Å²) in [6.07, 6.45) is 11.1. The SMILES string of the molecule is CC(C)CNC(=O)[C@H]1C[C@H]2[C@@H]3CC[C@H]4SC(=O)C=C[C@]4(C)[C@H]3CC[C@]2(C)C1. The van der Waals surface area contributed by atoms with Crippen molar-refractivity contribution in [1.29, 1.82) is 0 Å². The van der Waals surface area contributed by atoms with Crippen LogP contribution in [0.25, 0.3) is 0 Å². The fourth-order valence-corrected chi connectivity index (χ4v) is 8.10. The number of thioether (sulfide) groups is 1. The highest BCUT2D eigenvalue weighted by atomic mass is 32.2. The molecule has 7 atom stereocenters. The third-order valence-corrected chi connectivity index (χ3v) is 9.75. The number of carbonyl (C=O) groups excluding carboxylic acids is 2. The van der Waals surface area contributed by atoms with Gasteiger partial charge in [0.15, 0.2) is 0 Å². The molecule has 4 rings (SSSR count). The first kappa shape index (κ1) is 19.5. The molecule has 3 saturated carbocycles. The van der Waals surface area contributed by atoms with Gasteiger partial charge in [0, 0.05) is 23.1 Å². The summed E-state index contributed by atoms with van der Waals surface area (Å²) >= 11 is 1.57. The van der Waals surface area contributed by atoms with Crippen LogP contribution < -0.4 is 5.32 Å². The largest absolute Gasteiger partial charge is 0.356 e. The molecule has 0 aromatic rings. The van der Waals surface area contributed by atoms with Crippen molar-refractivity contribution in [2.75, 3.05) is 6.54 Å². The van der Waals surface area contributed by atoms with Crippen molar-refractivity contribution in [3.8, 4) is 0 Å². The summed E-state index contributed by atoms with van der Waals surface area (Å²) in [7, 11) is 0. The molecule has 0 aromatic carbocycles. The van der Waals surface area contributed by atoms with E-state index >= 15 is 0 Å². The molecule has 1 N–H and O–H groups in total. The lowest BCUT2D eigenvalue weighted by Gasteiger charge is -2.57. The molecule has 150 valence electrons. The Kier molecular flexibility index (Phi) is 5.02. The maximum atomic E-state index is 12.8. The topological polar surface area (TPSA) is 46.2 Å². The average molecular weight is 390 g/mol. The molecule has 27 heavy (non-hydrogen) atoms. The van der Waals surface area contributed by atoms with Crippen LogP contribution in [0.3, 0.4) is 0 Å². The number of allylic oxidation sites excluding steroid dienone is 1. The van der Waals surface area contributed by atoms with E-state index in [9.17, 15) is 9.59 Å². The highest BCUT2D eigenvalue weighted by molar-refractivity contribution is 8.14. The average Bonchev–Trinajstić information content (AvgIpc) is 2.98. The molecule has 4 heteroatoms. The van der Waals surface area contributed by atoms with Crippen molar-refractivity contribution in [3.63, 3.8) is 0 Å². The Morgan fingerprint density at radius 1 is 1.26 bits per heavy atom. The van der Waals surface area contributed by atoms with Gasteiger partial charge in [-0.2, -0.15) is 0 Å². The maximum absolute atomic E-state index is 12.8. The van der Waals surface area contributed by atoms with E-state index in [2.05, 4.69) is 39.1 Å². The number of rotatable bonds is 3. The van der Waals surface area contributed by atoms with Gasteiger partial charge in [0.25, 0.3) is 0 Å². The molecule has 0 spiro atoms. The zero-order chi connectivity index (χ0) is 19.4. The van der Waals surface area contributed by atoms with E-state index in [-0.39, 0.29) is 22.4 Å². The summed E-state index contributed by atoms with van der Waals surface area (Å²) in [5, 5.41) is 3.88. The Morgan fingerprint density at radius 2 is 2.04 bits per heavy atom. The Labute approximate surface area is 168 Å². The van der Waals surface area contributed by atoms with Gasteiger partial charge < -0.3 is 5.32 Å². The highest BCUT2D eigenvalue weighted by Crippen LogP contribution is 2.65. The number of carbonyl (C=O) groups is 2. The second-order valence-electron chi connectivity index (χ2n) is 10.5. The molecule has 0 saturated heterocycles. The van der Waals surface area contributed by atoms with Crippen LogP contribution in [0.5, 0.6) is 0 Å². The van der Waals surface area contributed by atoms with Gasteiger partial charge in [0.1, 0.15) is 0 Å². The number of nitrogens with one attached hydrogen (secondary N) is 1. The molecule has 3 fully saturated rings. The van der Waals surface area contributed by atoms with Crippen LogP contribution in [0.2, 0.25) is 0 Å². The van der Waals surface area contributed by atoms with Crippen molar-refractivity contribution < 1.29 is 9.59 Å². The summed E-state index contributed by atoms with van der Waals surface area (Å²) in [4.78, 5) is 24.7. The van der Waals surface area contributed by atoms with Crippen LogP contribution in [0.4, 0.5) is 0 Å². The Bertz CT molecular complexity index is 659. The lowest BCUT2D eigenvalue weighted by atomic mass is 9.50. The predicted octanol–water partition coefficient (Wildman–Crippen LogP) is 4.82. The number of fused-ring (bicyclic) bond motifs is 5. The minimum absolute atomic E-state index is 0.154. The first-order valence-corrected chi connectivity index (χ1v) is 11.8. The first-order chi connectivity index (χ1) is 12.7. The quantitative estimate of drug-likeness (QED) is 0.753. The number of hydrogen-bond acceptors (Lipinski definition) is 3. The molecular weight excluding hydrogens is 354 g/mol. The molecule has 0 bridgehead atoms. The van der Waals surface area contributed by atoms with Gasteiger partial charge in [-0.05, 0) is 73.7 Å². The van der Waals surface area contributed by atoms with E-state index in [1.165, 1.54) is 19.3 Å². The van der Waals surface area contributed by atoms with Crippen molar-refractivity contribution in [3.05, 3.63) is 12.2 Å². The third-order valence-electron chi connectivity index (χ3n) is 8.35. The first-order valence-electron chi connectivity index (χ1n) is 10.9. The van der Waals surface area contributed by atoms with Crippen LogP contribution in [-0.2, 0) is 9.59 Å². The molecular formula is C23H35NO2S. The highest BCUT2D eigenvalue weighted by Gasteiger charge is 2.59. The van der Waals surface area contributed by atoms with Crippen LogP contribution in [0, 0.1) is 40.4 Å². The van der Waals surface area contributed by atoms with E-state index in [1.807, 2.05) is 6.08 Å². The van der Waals surface area contributed by atoms with E-state index in [0.717, 1.165) is 25.8 Å². The Morgan fingerprint density at radius 3 is 2.78 bits per heavy atom. The molecule has 3 aliphatic carbocycles. The molecule has 4 aliphatic rings. The van der Waals surface area contributed by atoms with Crippen molar-refractivity contribution >= 4 is 22.8 Å². The fourth-order valence-electron chi connectivity index (χ4n) is 6.91. The minimum Gasteiger partial charge on any atom is -0.356 e. The van der Waals surface area contributed by atoms with Gasteiger partial charge in [-0.1, -0.05) is 45.5 Å². The molecule has 0 unspecified atom stereocenters. The minimum atomic E-state index is 0.154. The number of amides is 1. The Balaban J connectivity index is 1.52. The van der Waals surface area contributed by atoms with Gasteiger partial charge in [-0.3, -0.25) is 9.59 Å². The van der Waals surface area contributed by atoms with Crippen LogP contribution in [-0.4, -0.2) is 22.8 Å². The van der Waals surface area contributed by atoms with Gasteiger partial charge in [0.05, 0.1) is 0 Å². The standard InChI is InChI=1S/C23H35NO2S/c1-14(2)13-24-21(26)15-11-18-16-5-6-19-23(4,10-8-20(25)27-19)17(16)7-9-22(18,3)12-15/h8,10,14-19H,5-7,9,11-13H2,1-4H3,(H,24,26)/t15-,16+,17-,18-,19+,22+,23+/m0/s1. The molecule has 0 aromatic heterocycles. The van der Waals surface area contributed by atoms with E-state index in [4.69, 9.17) is 0 Å². The summed E-state index contributed by atoms with van der Waals surface area (Å²) in [6, 6.07) is 0. The predicted molar refractivity (Wildman–Crippen MR) is 111 cm³/mol. The van der Waals surface area contributed by atoms with E-state index < -0.39 is 0 Å². The monoisotopic (exact) mass is 389 g/mol. The number of hydrogen-bond donors (Lipinski definition) is 1. The molecule has 3 nitrogen and oxygen atoms in total. The molecule has 1 heterocycles. The van der Waals surface area contributed by atoms with Crippen molar-refractivity contribution in [2.45, 2.75) is 71.5 Å². The maximum Gasteiger partial charge on any atom is 0.223 e.